The molecule has 1 aromatic carbocycles. The van der Waals surface area contributed by atoms with Crippen LogP contribution in [0.5, 0.6) is 11.5 Å². The normalized spacial score (nSPS) is 13.2. The number of ether oxygens (including phenoxy) is 2. The second kappa shape index (κ2) is 11.2. The average Bonchev–Trinajstić information content (AvgIpc) is 2.78. The summed E-state index contributed by atoms with van der Waals surface area (Å²) in [5.41, 5.74) is -4.08. The molecule has 2 heterocycles. The van der Waals surface area contributed by atoms with Crippen molar-refractivity contribution in [3.05, 3.63) is 71.3 Å². The van der Waals surface area contributed by atoms with Crippen molar-refractivity contribution in [2.45, 2.75) is 44.4 Å². The summed E-state index contributed by atoms with van der Waals surface area (Å²) in [6, 6.07) is 6.85. The van der Waals surface area contributed by atoms with Crippen LogP contribution < -0.4 is 10.1 Å². The number of halogens is 5. The Balaban J connectivity index is 2.04. The summed E-state index contributed by atoms with van der Waals surface area (Å²) >= 11 is 0. The number of carbonyl (C=O) groups is 2. The molecule has 0 fully saturated rings. The van der Waals surface area contributed by atoms with E-state index in [4.69, 9.17) is 9.47 Å². The fourth-order valence-corrected chi connectivity index (χ4v) is 4.30. The van der Waals surface area contributed by atoms with E-state index >= 15 is 0 Å². The number of pyridine rings is 2. The summed E-state index contributed by atoms with van der Waals surface area (Å²) in [6.07, 6.45) is -4.92. The third-order valence-corrected chi connectivity index (χ3v) is 6.50. The molecule has 2 amide bonds. The molecule has 3 aromatic rings. The van der Waals surface area contributed by atoms with E-state index in [1.807, 2.05) is 0 Å². The number of alkyl halides is 3. The highest BCUT2D eigenvalue weighted by Gasteiger charge is 2.40. The van der Waals surface area contributed by atoms with E-state index in [2.05, 4.69) is 19.6 Å². The van der Waals surface area contributed by atoms with Gasteiger partial charge < -0.3 is 14.8 Å². The molecule has 1 atom stereocenters. The lowest BCUT2D eigenvalue weighted by molar-refractivity contribution is -0.142. The SMILES string of the molecule is Cc1nc(F)ccc1Oc1c(C(F)(F)F)ncc(F)c1C(=O)Nc1cccc([S@@](C)(=O)=NC(=O)OC(C)(C)C)c1. The van der Waals surface area contributed by atoms with Crippen LogP contribution >= 0.6 is 0 Å². The molecule has 1 N–H and O–H groups in total. The van der Waals surface area contributed by atoms with Gasteiger partial charge in [-0.2, -0.15) is 17.6 Å². The minimum absolute atomic E-state index is 0.0353. The summed E-state index contributed by atoms with van der Waals surface area (Å²) in [6.45, 7) is 5.99. The topological polar surface area (TPSA) is 120 Å². The predicted molar refractivity (Wildman–Crippen MR) is 134 cm³/mol. The van der Waals surface area contributed by atoms with Gasteiger partial charge in [0.15, 0.2) is 17.3 Å². The highest BCUT2D eigenvalue weighted by molar-refractivity contribution is 7.93. The molecule has 214 valence electrons. The smallest absolute Gasteiger partial charge is 0.442 e. The summed E-state index contributed by atoms with van der Waals surface area (Å²) in [5, 5.41) is 2.22. The summed E-state index contributed by atoms with van der Waals surface area (Å²) in [7, 11) is -3.39. The molecular weight excluding hydrogens is 563 g/mol. The van der Waals surface area contributed by atoms with Crippen molar-refractivity contribution >= 4 is 27.4 Å². The first-order valence-corrected chi connectivity index (χ1v) is 13.2. The van der Waals surface area contributed by atoms with Crippen molar-refractivity contribution in [3.8, 4) is 11.5 Å². The van der Waals surface area contributed by atoms with Crippen LogP contribution in [0.4, 0.5) is 32.4 Å². The first-order valence-electron chi connectivity index (χ1n) is 11.3. The Morgan fingerprint density at radius 3 is 2.35 bits per heavy atom. The zero-order valence-electron chi connectivity index (χ0n) is 21.7. The third-order valence-electron chi connectivity index (χ3n) is 4.87. The van der Waals surface area contributed by atoms with Crippen molar-refractivity contribution in [2.75, 3.05) is 11.6 Å². The van der Waals surface area contributed by atoms with Gasteiger partial charge in [-0.25, -0.2) is 23.4 Å². The molecule has 40 heavy (non-hydrogen) atoms. The Morgan fingerprint density at radius 2 is 1.75 bits per heavy atom. The molecular formula is C25H23F5N4O5S. The van der Waals surface area contributed by atoms with Gasteiger partial charge in [0.1, 0.15) is 16.9 Å². The van der Waals surface area contributed by atoms with Gasteiger partial charge in [-0.1, -0.05) is 6.07 Å². The number of anilines is 1. The van der Waals surface area contributed by atoms with Crippen molar-refractivity contribution in [1.29, 1.82) is 0 Å². The van der Waals surface area contributed by atoms with Crippen LogP contribution in [0.3, 0.4) is 0 Å². The van der Waals surface area contributed by atoms with Crippen LogP contribution in [0, 0.1) is 18.7 Å². The van der Waals surface area contributed by atoms with Crippen molar-refractivity contribution in [3.63, 3.8) is 0 Å². The van der Waals surface area contributed by atoms with E-state index in [-0.39, 0.29) is 28.2 Å². The number of amides is 2. The molecule has 0 saturated carbocycles. The maximum Gasteiger partial charge on any atom is 0.442 e. The zero-order valence-corrected chi connectivity index (χ0v) is 22.5. The van der Waals surface area contributed by atoms with E-state index in [0.717, 1.165) is 24.5 Å². The number of aromatic nitrogens is 2. The molecule has 15 heteroatoms. The number of carbonyl (C=O) groups excluding carboxylic acids is 2. The monoisotopic (exact) mass is 586 g/mol. The van der Waals surface area contributed by atoms with Gasteiger partial charge in [0.05, 0.1) is 21.6 Å². The highest BCUT2D eigenvalue weighted by Crippen LogP contribution is 2.40. The molecule has 2 aromatic heterocycles. The van der Waals surface area contributed by atoms with Gasteiger partial charge in [0.2, 0.25) is 5.95 Å². The molecule has 9 nitrogen and oxygen atoms in total. The van der Waals surface area contributed by atoms with E-state index in [0.29, 0.717) is 0 Å². The van der Waals surface area contributed by atoms with Crippen LogP contribution in [0.1, 0.15) is 42.5 Å². The number of nitrogens with zero attached hydrogens (tertiary/aromatic N) is 3. The van der Waals surface area contributed by atoms with Crippen molar-refractivity contribution < 1.29 is 45.2 Å². The van der Waals surface area contributed by atoms with Gasteiger partial charge in [-0.05, 0) is 58.0 Å². The van der Waals surface area contributed by atoms with Crippen LogP contribution in [-0.4, -0.2) is 38.0 Å². The van der Waals surface area contributed by atoms with E-state index in [9.17, 15) is 35.8 Å². The standard InChI is InChI=1S/C25H23F5N4O5S/c1-13-17(9-10-18(27)32-13)38-20-19(16(26)12-31-21(20)25(28,29)30)22(35)33-14-7-6-8-15(11-14)40(5,37)34-23(36)39-24(2,3)4/h6-12H,1-5H3,(H,33,35)/t40-/m1/s1. The molecule has 0 aliphatic heterocycles. The van der Waals surface area contributed by atoms with Crippen LogP contribution in [-0.2, 0) is 20.6 Å². The van der Waals surface area contributed by atoms with E-state index in [1.165, 1.54) is 25.1 Å². The van der Waals surface area contributed by atoms with Crippen molar-refractivity contribution in [1.82, 2.24) is 9.97 Å². The molecule has 0 bridgehead atoms. The first-order chi connectivity index (χ1) is 18.4. The molecule has 0 spiro atoms. The Hall–Kier alpha value is -4.14. The fourth-order valence-electron chi connectivity index (χ4n) is 3.20. The Kier molecular flexibility index (Phi) is 8.48. The van der Waals surface area contributed by atoms with Gasteiger partial charge >= 0.3 is 12.3 Å². The van der Waals surface area contributed by atoms with Gasteiger partial charge in [-0.15, -0.1) is 4.36 Å². The number of hydrogen-bond donors (Lipinski definition) is 1. The second-order valence-electron chi connectivity index (χ2n) is 9.33. The molecule has 0 aliphatic rings. The Bertz CT molecular complexity index is 1600. The quantitative estimate of drug-likeness (QED) is 0.267. The number of aryl methyl sites for hydroxylation is 1. The zero-order chi connectivity index (χ0) is 30.0. The minimum atomic E-state index is -5.17. The van der Waals surface area contributed by atoms with Crippen LogP contribution in [0.25, 0.3) is 0 Å². The fraction of sp³-hybridized carbons (Fsp3) is 0.280. The lowest BCUT2D eigenvalue weighted by Crippen LogP contribution is -2.22. The molecule has 0 aliphatic carbocycles. The highest BCUT2D eigenvalue weighted by atomic mass is 32.2. The van der Waals surface area contributed by atoms with Crippen LogP contribution in [0.2, 0.25) is 0 Å². The molecule has 0 saturated heterocycles. The lowest BCUT2D eigenvalue weighted by atomic mass is 10.1. The van der Waals surface area contributed by atoms with Crippen molar-refractivity contribution in [2.24, 2.45) is 4.36 Å². The van der Waals surface area contributed by atoms with Gasteiger partial charge in [-0.3, -0.25) is 4.79 Å². The lowest BCUT2D eigenvalue weighted by Gasteiger charge is -2.18. The third kappa shape index (κ3) is 7.49. The number of benzene rings is 1. The van der Waals surface area contributed by atoms with E-state index < -0.39 is 62.3 Å². The van der Waals surface area contributed by atoms with E-state index in [1.54, 1.807) is 20.8 Å². The summed E-state index contributed by atoms with van der Waals surface area (Å²) < 4.78 is 96.4. The average molecular weight is 587 g/mol. The number of hydrogen-bond acceptors (Lipinski definition) is 7. The maximum atomic E-state index is 14.8. The second-order valence-corrected chi connectivity index (χ2v) is 11.6. The number of nitrogens with one attached hydrogen (secondary N) is 1. The molecule has 0 radical (unpaired) electrons. The summed E-state index contributed by atoms with van der Waals surface area (Å²) in [5.74, 6) is -5.44. The Morgan fingerprint density at radius 1 is 1.07 bits per heavy atom. The summed E-state index contributed by atoms with van der Waals surface area (Å²) in [4.78, 5) is 31.6. The molecule has 0 unspecified atom stereocenters. The largest absolute Gasteiger partial charge is 0.452 e. The minimum Gasteiger partial charge on any atom is -0.452 e. The first kappa shape index (κ1) is 30.4. The van der Waals surface area contributed by atoms with Gasteiger partial charge in [0, 0.05) is 16.8 Å². The van der Waals surface area contributed by atoms with Gasteiger partial charge in [0.25, 0.3) is 5.91 Å². The predicted octanol–water partition coefficient (Wildman–Crippen LogP) is 6.52. The maximum absolute atomic E-state index is 14.8. The molecule has 3 rings (SSSR count). The number of rotatable bonds is 5. The van der Waals surface area contributed by atoms with Crippen LogP contribution in [0.15, 0.2) is 51.9 Å². The Labute approximate surface area is 225 Å².